The fourth-order valence-corrected chi connectivity index (χ4v) is 2.99. The van der Waals surface area contributed by atoms with Gasteiger partial charge in [-0.2, -0.15) is 0 Å². The monoisotopic (exact) mass is 352 g/mol. The van der Waals surface area contributed by atoms with E-state index in [4.69, 9.17) is 4.74 Å². The Kier molecular flexibility index (Phi) is 5.44. The van der Waals surface area contributed by atoms with Gasteiger partial charge < -0.3 is 14.6 Å². The number of nitrogens with zero attached hydrogens (tertiary/aromatic N) is 3. The van der Waals surface area contributed by atoms with Crippen LogP contribution in [0.15, 0.2) is 49.1 Å². The van der Waals surface area contributed by atoms with Gasteiger partial charge in [0.1, 0.15) is 17.2 Å². The third-order valence-corrected chi connectivity index (χ3v) is 4.39. The molecule has 0 aliphatic carbocycles. The molecule has 0 radical (unpaired) electrons. The van der Waals surface area contributed by atoms with E-state index in [-0.39, 0.29) is 19.1 Å². The van der Waals surface area contributed by atoms with Crippen LogP contribution in [0.1, 0.15) is 15.4 Å². The van der Waals surface area contributed by atoms with Gasteiger partial charge in [-0.15, -0.1) is 0 Å². The fraction of sp³-hybridized carbons (Fsp3) is 0.167. The Morgan fingerprint density at radius 2 is 2.16 bits per heavy atom. The summed E-state index contributed by atoms with van der Waals surface area (Å²) >= 11 is 1.35. The maximum absolute atomic E-state index is 12.2. The van der Waals surface area contributed by atoms with Gasteiger partial charge in [-0.25, -0.2) is 4.98 Å². The van der Waals surface area contributed by atoms with Gasteiger partial charge in [-0.1, -0.05) is 23.2 Å². The summed E-state index contributed by atoms with van der Waals surface area (Å²) < 4.78 is 7.28. The zero-order chi connectivity index (χ0) is 17.5. The number of rotatable bonds is 5. The molecule has 3 rings (SSSR count). The Morgan fingerprint density at radius 1 is 1.32 bits per heavy atom. The van der Waals surface area contributed by atoms with Crippen LogP contribution < -0.4 is 10.1 Å². The maximum atomic E-state index is 12.2. The molecule has 0 spiro atoms. The standard InChI is InChI=1S/C18H16N4O2S/c1-14-16(25-18(21-14)22-10-3-4-11-22)17(23)20-9-2-5-12-24-15-7-6-8-19-13-15/h3-4,6-8,10-11,13H,9,12H2,1H3,(H,20,23). The van der Waals surface area contributed by atoms with Crippen molar-refractivity contribution in [3.05, 3.63) is 59.6 Å². The third kappa shape index (κ3) is 4.46. The lowest BCUT2D eigenvalue weighted by Crippen LogP contribution is -2.23. The molecule has 3 aromatic rings. The molecular formula is C18H16N4O2S. The van der Waals surface area contributed by atoms with Crippen molar-refractivity contribution in [3.8, 4) is 22.7 Å². The highest BCUT2D eigenvalue weighted by atomic mass is 32.1. The van der Waals surface area contributed by atoms with Crippen molar-refractivity contribution in [1.29, 1.82) is 0 Å². The first-order chi connectivity index (χ1) is 12.2. The molecule has 7 heteroatoms. The lowest BCUT2D eigenvalue weighted by Gasteiger charge is -2.00. The second-order valence-electron chi connectivity index (χ2n) is 5.01. The minimum absolute atomic E-state index is 0.170. The molecule has 3 heterocycles. The Hall–Kier alpha value is -3.11. The van der Waals surface area contributed by atoms with Crippen molar-refractivity contribution in [2.24, 2.45) is 0 Å². The van der Waals surface area contributed by atoms with Gasteiger partial charge in [-0.05, 0) is 31.2 Å². The first kappa shape index (κ1) is 16.7. The molecule has 1 amide bonds. The number of carbonyl (C=O) groups excluding carboxylic acids is 1. The van der Waals surface area contributed by atoms with Crippen LogP contribution in [-0.2, 0) is 0 Å². The van der Waals surface area contributed by atoms with Crippen molar-refractivity contribution in [2.45, 2.75) is 6.92 Å². The van der Waals surface area contributed by atoms with Crippen LogP contribution in [0.3, 0.4) is 0 Å². The molecule has 1 N–H and O–H groups in total. The predicted molar refractivity (Wildman–Crippen MR) is 96.0 cm³/mol. The molecule has 0 atom stereocenters. The van der Waals surface area contributed by atoms with Gasteiger partial charge in [0.05, 0.1) is 18.4 Å². The highest BCUT2D eigenvalue weighted by molar-refractivity contribution is 7.16. The van der Waals surface area contributed by atoms with Crippen molar-refractivity contribution >= 4 is 17.2 Å². The normalized spacial score (nSPS) is 9.96. The molecule has 0 aromatic carbocycles. The third-order valence-electron chi connectivity index (χ3n) is 3.22. The van der Waals surface area contributed by atoms with Crippen LogP contribution in [0.5, 0.6) is 5.75 Å². The Balaban J connectivity index is 1.49. The van der Waals surface area contributed by atoms with Gasteiger partial charge in [0, 0.05) is 18.6 Å². The first-order valence-electron chi connectivity index (χ1n) is 7.61. The fourth-order valence-electron chi connectivity index (χ4n) is 2.04. The Labute approximate surface area is 149 Å². The molecule has 0 saturated carbocycles. The minimum atomic E-state index is -0.170. The summed E-state index contributed by atoms with van der Waals surface area (Å²) in [4.78, 5) is 21.2. The number of aryl methyl sites for hydroxylation is 1. The summed E-state index contributed by atoms with van der Waals surface area (Å²) in [6.45, 7) is 2.33. The molecule has 0 fully saturated rings. The quantitative estimate of drug-likeness (QED) is 0.716. The van der Waals surface area contributed by atoms with Crippen molar-refractivity contribution in [1.82, 2.24) is 19.9 Å². The van der Waals surface area contributed by atoms with Crippen LogP contribution in [0, 0.1) is 18.8 Å². The maximum Gasteiger partial charge on any atom is 0.264 e. The molecule has 0 unspecified atom stereocenters. The van der Waals surface area contributed by atoms with Crippen LogP contribution in [0.2, 0.25) is 0 Å². The summed E-state index contributed by atoms with van der Waals surface area (Å²) in [6, 6.07) is 7.44. The number of hydrogen-bond donors (Lipinski definition) is 1. The van der Waals surface area contributed by atoms with E-state index in [1.165, 1.54) is 11.3 Å². The lowest BCUT2D eigenvalue weighted by molar-refractivity contribution is 0.0962. The number of ether oxygens (including phenoxy) is 1. The highest BCUT2D eigenvalue weighted by Crippen LogP contribution is 2.21. The van der Waals surface area contributed by atoms with Gasteiger partial charge in [-0.3, -0.25) is 9.78 Å². The van der Waals surface area contributed by atoms with E-state index in [0.29, 0.717) is 16.3 Å². The summed E-state index contributed by atoms with van der Waals surface area (Å²) in [5.74, 6) is 6.21. The smallest absolute Gasteiger partial charge is 0.264 e. The van der Waals surface area contributed by atoms with Crippen LogP contribution in [0.25, 0.3) is 5.13 Å². The van der Waals surface area contributed by atoms with E-state index < -0.39 is 0 Å². The average molecular weight is 352 g/mol. The zero-order valence-corrected chi connectivity index (χ0v) is 14.4. The highest BCUT2D eigenvalue weighted by Gasteiger charge is 2.15. The number of hydrogen-bond acceptors (Lipinski definition) is 5. The van der Waals surface area contributed by atoms with Gasteiger partial charge >= 0.3 is 0 Å². The van der Waals surface area contributed by atoms with Crippen LogP contribution >= 0.6 is 11.3 Å². The summed E-state index contributed by atoms with van der Waals surface area (Å²) in [5, 5.41) is 3.55. The number of pyridine rings is 1. The van der Waals surface area contributed by atoms with Gasteiger partial charge in [0.15, 0.2) is 5.13 Å². The van der Waals surface area contributed by atoms with Gasteiger partial charge in [0.25, 0.3) is 5.91 Å². The molecule has 0 aliphatic rings. The predicted octanol–water partition coefficient (Wildman–Crippen LogP) is 2.45. The molecule has 0 bridgehead atoms. The molecule has 6 nitrogen and oxygen atoms in total. The van der Waals surface area contributed by atoms with E-state index >= 15 is 0 Å². The molecule has 25 heavy (non-hydrogen) atoms. The van der Waals surface area contributed by atoms with E-state index in [1.807, 2.05) is 42.1 Å². The number of nitrogens with one attached hydrogen (secondary N) is 1. The van der Waals surface area contributed by atoms with Gasteiger partial charge in [0.2, 0.25) is 0 Å². The SMILES string of the molecule is Cc1nc(-n2cccc2)sc1C(=O)NCC#CCOc1cccnc1. The molecular weight excluding hydrogens is 336 g/mol. The topological polar surface area (TPSA) is 69.0 Å². The molecule has 126 valence electrons. The van der Waals surface area contributed by atoms with Crippen molar-refractivity contribution in [2.75, 3.05) is 13.2 Å². The molecule has 3 aromatic heterocycles. The summed E-state index contributed by atoms with van der Waals surface area (Å²) in [5.41, 5.74) is 0.707. The van der Waals surface area contributed by atoms with E-state index in [2.05, 4.69) is 27.1 Å². The Bertz CT molecular complexity index is 892. The lowest BCUT2D eigenvalue weighted by atomic mass is 10.4. The number of aromatic nitrogens is 3. The largest absolute Gasteiger partial charge is 0.479 e. The number of amides is 1. The van der Waals surface area contributed by atoms with E-state index in [1.54, 1.807) is 18.5 Å². The second kappa shape index (κ2) is 8.13. The van der Waals surface area contributed by atoms with Crippen LogP contribution in [-0.4, -0.2) is 33.6 Å². The minimum Gasteiger partial charge on any atom is -0.479 e. The van der Waals surface area contributed by atoms with Crippen molar-refractivity contribution in [3.63, 3.8) is 0 Å². The molecule has 0 saturated heterocycles. The van der Waals surface area contributed by atoms with E-state index in [0.717, 1.165) is 5.13 Å². The van der Waals surface area contributed by atoms with Crippen LogP contribution in [0.4, 0.5) is 0 Å². The Morgan fingerprint density at radius 3 is 2.92 bits per heavy atom. The summed E-state index contributed by atoms with van der Waals surface area (Å²) in [7, 11) is 0. The number of thiazole rings is 1. The average Bonchev–Trinajstić information content (AvgIpc) is 3.28. The van der Waals surface area contributed by atoms with Crippen molar-refractivity contribution < 1.29 is 9.53 Å². The first-order valence-corrected chi connectivity index (χ1v) is 8.43. The van der Waals surface area contributed by atoms with E-state index in [9.17, 15) is 4.79 Å². The zero-order valence-electron chi connectivity index (χ0n) is 13.6. The number of carbonyl (C=O) groups is 1. The second-order valence-corrected chi connectivity index (χ2v) is 5.99. The molecule has 0 aliphatic heterocycles. The summed E-state index contributed by atoms with van der Waals surface area (Å²) in [6.07, 6.45) is 7.09.